The summed E-state index contributed by atoms with van der Waals surface area (Å²) < 4.78 is 32.9. The van der Waals surface area contributed by atoms with Crippen LogP contribution in [-0.2, 0) is 45.2 Å². The van der Waals surface area contributed by atoms with E-state index in [1.807, 2.05) is 42.2 Å². The molecule has 14 nitrogen and oxygen atoms in total. The number of ether oxygens (including phenoxy) is 1. The quantitative estimate of drug-likeness (QED) is 0.112. The molecule has 3 N–H and O–H groups in total. The van der Waals surface area contributed by atoms with Crippen molar-refractivity contribution in [1.29, 1.82) is 0 Å². The largest absolute Gasteiger partial charge is 0.466 e. The highest BCUT2D eigenvalue weighted by molar-refractivity contribution is 7.88. The average Bonchev–Trinajstić information content (AvgIpc) is 3.55. The molecule has 0 aliphatic carbocycles. The van der Waals surface area contributed by atoms with E-state index in [1.54, 1.807) is 0 Å². The van der Waals surface area contributed by atoms with Crippen molar-refractivity contribution in [2.24, 2.45) is 16.6 Å². The number of likely N-dealkylation sites (tertiary alicyclic amines) is 2. The van der Waals surface area contributed by atoms with Crippen molar-refractivity contribution < 1.29 is 37.1 Å². The lowest BCUT2D eigenvalue weighted by Gasteiger charge is -2.38. The number of piperidine rings is 1. The predicted molar refractivity (Wildman–Crippen MR) is 184 cm³/mol. The molecule has 2 fully saturated rings. The van der Waals surface area contributed by atoms with Gasteiger partial charge in [0.15, 0.2) is 0 Å². The number of aliphatic imine (C=N–C) groups is 1. The van der Waals surface area contributed by atoms with Gasteiger partial charge in [-0.15, -0.1) is 0 Å². The molecule has 0 unspecified atom stereocenters. The Morgan fingerprint density at radius 3 is 2.33 bits per heavy atom. The number of unbranched alkanes of at least 4 members (excludes halogenated alkanes) is 2. The fourth-order valence-corrected chi connectivity index (χ4v) is 7.37. The molecule has 0 saturated carbocycles. The van der Waals surface area contributed by atoms with Gasteiger partial charge in [0.1, 0.15) is 12.1 Å². The molecule has 0 spiro atoms. The number of nitrogens with two attached hydrogens (primary N) is 1. The van der Waals surface area contributed by atoms with Gasteiger partial charge < -0.3 is 20.3 Å². The van der Waals surface area contributed by atoms with Crippen LogP contribution in [0.4, 0.5) is 0 Å². The van der Waals surface area contributed by atoms with Crippen LogP contribution in [0, 0.1) is 5.92 Å². The van der Waals surface area contributed by atoms with Crippen LogP contribution in [0.25, 0.3) is 0 Å². The summed E-state index contributed by atoms with van der Waals surface area (Å²) in [6, 6.07) is 7.31. The number of hydrogen-bond acceptors (Lipinski definition) is 8. The summed E-state index contributed by atoms with van der Waals surface area (Å²) in [5, 5.41) is 2.76. The third-order valence-electron chi connectivity index (χ3n) is 8.88. The molecule has 0 aromatic heterocycles. The minimum atomic E-state index is -3.89. The molecule has 2 aliphatic rings. The maximum atomic E-state index is 14.1. The van der Waals surface area contributed by atoms with Crippen LogP contribution in [0.5, 0.6) is 0 Å². The number of carbonyl (C=O) groups excluding carboxylic acids is 5. The van der Waals surface area contributed by atoms with E-state index >= 15 is 0 Å². The monoisotopic (exact) mass is 704 g/mol. The fraction of sp³-hybridized carbons (Fsp3) is 0.647. The van der Waals surface area contributed by atoms with E-state index in [4.69, 9.17) is 10.5 Å². The number of carbonyl (C=O) groups is 5. The SMILES string of the molecule is CCCCCC(=O)N=C(NC(=O)CCCOC(C)=O)N1CCC(CN([C@H](Cc2ccccc2)C(=O)N2CCC[C@H]2C(N)=O)S(C)(=O)=O)CC1. The summed E-state index contributed by atoms with van der Waals surface area (Å²) in [6.07, 6.45) is 6.44. The Morgan fingerprint density at radius 1 is 1.02 bits per heavy atom. The van der Waals surface area contributed by atoms with Gasteiger partial charge in [0, 0.05) is 45.9 Å². The molecule has 2 atom stereocenters. The Balaban J connectivity index is 1.77. The normalized spacial score (nSPS) is 18.0. The van der Waals surface area contributed by atoms with Crippen molar-refractivity contribution in [3.63, 3.8) is 0 Å². The van der Waals surface area contributed by atoms with Crippen LogP contribution in [-0.4, -0.2) is 109 Å². The van der Waals surface area contributed by atoms with Gasteiger partial charge in [-0.05, 0) is 56.4 Å². The van der Waals surface area contributed by atoms with E-state index < -0.39 is 39.9 Å². The molecule has 0 radical (unpaired) electrons. The Labute approximate surface area is 289 Å². The minimum Gasteiger partial charge on any atom is -0.466 e. The summed E-state index contributed by atoms with van der Waals surface area (Å²) in [6.45, 7) is 4.62. The lowest BCUT2D eigenvalue weighted by Crippen LogP contribution is -2.56. The molecule has 272 valence electrons. The van der Waals surface area contributed by atoms with Crippen LogP contribution >= 0.6 is 0 Å². The van der Waals surface area contributed by atoms with Gasteiger partial charge in [0.05, 0.1) is 12.9 Å². The molecule has 2 saturated heterocycles. The van der Waals surface area contributed by atoms with Crippen LogP contribution in [0.3, 0.4) is 0 Å². The highest BCUT2D eigenvalue weighted by atomic mass is 32.2. The molecule has 1 aromatic carbocycles. The highest BCUT2D eigenvalue weighted by Gasteiger charge is 2.42. The number of nitrogens with one attached hydrogen (secondary N) is 1. The number of rotatable bonds is 16. The van der Waals surface area contributed by atoms with Crippen molar-refractivity contribution in [1.82, 2.24) is 19.4 Å². The Morgan fingerprint density at radius 2 is 1.71 bits per heavy atom. The molecule has 0 bridgehead atoms. The van der Waals surface area contributed by atoms with Crippen molar-refractivity contribution in [2.45, 2.75) is 96.6 Å². The van der Waals surface area contributed by atoms with Crippen molar-refractivity contribution in [3.05, 3.63) is 35.9 Å². The first kappa shape index (κ1) is 39.6. The van der Waals surface area contributed by atoms with E-state index in [-0.39, 0.29) is 56.1 Å². The summed E-state index contributed by atoms with van der Waals surface area (Å²) >= 11 is 0. The van der Waals surface area contributed by atoms with Gasteiger partial charge in [0.2, 0.25) is 39.6 Å². The summed E-state index contributed by atoms with van der Waals surface area (Å²) in [4.78, 5) is 70.2. The number of guanidine groups is 1. The first-order valence-electron chi connectivity index (χ1n) is 17.2. The van der Waals surface area contributed by atoms with E-state index in [2.05, 4.69) is 10.3 Å². The van der Waals surface area contributed by atoms with Crippen LogP contribution in [0.15, 0.2) is 35.3 Å². The van der Waals surface area contributed by atoms with E-state index in [0.717, 1.165) is 24.7 Å². The van der Waals surface area contributed by atoms with Crippen molar-refractivity contribution >= 4 is 45.6 Å². The Kier molecular flexibility index (Phi) is 15.6. The van der Waals surface area contributed by atoms with E-state index in [9.17, 15) is 32.4 Å². The standard InChI is InChI=1S/C34H52N6O8S/c1-4-5-7-15-30(42)36-34(37-31(43)16-11-22-48-25(2)41)38-20-17-27(18-21-38)24-40(49(3,46)47)29(23-26-12-8-6-9-13-26)33(45)39-19-10-14-28(39)32(35)44/h6,8-9,12-13,27-29H,4-5,7,10-11,14-24H2,1-3H3,(H2,35,44)(H,36,37,42,43)/t28-,29+/m0/s1. The van der Waals surface area contributed by atoms with Crippen molar-refractivity contribution in [2.75, 3.05) is 39.0 Å². The number of amides is 4. The van der Waals surface area contributed by atoms with Gasteiger partial charge in [0.25, 0.3) is 0 Å². The molecule has 2 aliphatic heterocycles. The first-order chi connectivity index (χ1) is 23.3. The molecule has 2 heterocycles. The smallest absolute Gasteiger partial charge is 0.302 e. The molecular weight excluding hydrogens is 652 g/mol. The van der Waals surface area contributed by atoms with Crippen LogP contribution < -0.4 is 11.1 Å². The number of esters is 1. The lowest BCUT2D eigenvalue weighted by molar-refractivity contribution is -0.141. The zero-order valence-corrected chi connectivity index (χ0v) is 29.8. The highest BCUT2D eigenvalue weighted by Crippen LogP contribution is 2.26. The Bertz CT molecular complexity index is 1430. The molecule has 3 rings (SSSR count). The van der Waals surface area contributed by atoms with Gasteiger partial charge in [-0.2, -0.15) is 9.30 Å². The maximum Gasteiger partial charge on any atom is 0.302 e. The van der Waals surface area contributed by atoms with E-state index in [1.165, 1.54) is 16.1 Å². The fourth-order valence-electron chi connectivity index (χ4n) is 6.26. The zero-order valence-electron chi connectivity index (χ0n) is 29.0. The average molecular weight is 705 g/mol. The minimum absolute atomic E-state index is 0.0700. The maximum absolute atomic E-state index is 14.1. The summed E-state index contributed by atoms with van der Waals surface area (Å²) in [5.74, 6) is -2.17. The van der Waals surface area contributed by atoms with Gasteiger partial charge >= 0.3 is 5.97 Å². The summed E-state index contributed by atoms with van der Waals surface area (Å²) in [5.41, 5.74) is 6.40. The second-order valence-corrected chi connectivity index (χ2v) is 14.8. The summed E-state index contributed by atoms with van der Waals surface area (Å²) in [7, 11) is -3.89. The third-order valence-corrected chi connectivity index (χ3v) is 10.1. The number of hydrogen-bond donors (Lipinski definition) is 2. The van der Waals surface area contributed by atoms with Gasteiger partial charge in [-0.3, -0.25) is 29.3 Å². The van der Waals surface area contributed by atoms with Gasteiger partial charge in [-0.25, -0.2) is 8.42 Å². The molecule has 15 heteroatoms. The van der Waals surface area contributed by atoms with Crippen molar-refractivity contribution in [3.8, 4) is 0 Å². The second kappa shape index (κ2) is 19.4. The van der Waals surface area contributed by atoms with Gasteiger partial charge in [-0.1, -0.05) is 50.1 Å². The topological polar surface area (TPSA) is 189 Å². The molecule has 1 aromatic rings. The third kappa shape index (κ3) is 12.8. The number of benzene rings is 1. The zero-order chi connectivity index (χ0) is 36.0. The molecular formula is C34H52N6O8S. The van der Waals surface area contributed by atoms with Crippen LogP contribution in [0.1, 0.15) is 83.6 Å². The molecule has 49 heavy (non-hydrogen) atoms. The second-order valence-electron chi connectivity index (χ2n) is 12.8. The van der Waals surface area contributed by atoms with Crippen LogP contribution in [0.2, 0.25) is 0 Å². The number of sulfonamides is 1. The lowest BCUT2D eigenvalue weighted by atomic mass is 9.95. The Hall–Kier alpha value is -3.85. The number of primary amides is 1. The molecule has 4 amide bonds. The number of nitrogens with zero attached hydrogens (tertiary/aromatic N) is 4. The first-order valence-corrected chi connectivity index (χ1v) is 19.0. The van der Waals surface area contributed by atoms with E-state index in [0.29, 0.717) is 58.2 Å². The predicted octanol–water partition coefficient (Wildman–Crippen LogP) is 1.97.